The van der Waals surface area contributed by atoms with Crippen LogP contribution < -0.4 is 0 Å². The maximum absolute atomic E-state index is 4.06. The van der Waals surface area contributed by atoms with Gasteiger partial charge in [0.05, 0.1) is 0 Å². The van der Waals surface area contributed by atoms with E-state index in [0.717, 1.165) is 6.42 Å². The highest BCUT2D eigenvalue weighted by molar-refractivity contribution is 5.83. The van der Waals surface area contributed by atoms with Crippen molar-refractivity contribution in [1.82, 2.24) is 0 Å². The molecular formula is C24H28. The molecule has 0 heteroatoms. The minimum Gasteiger partial charge on any atom is -0.0984 e. The van der Waals surface area contributed by atoms with E-state index in [1.165, 1.54) is 44.5 Å². The molecule has 2 aromatic rings. The van der Waals surface area contributed by atoms with Crippen molar-refractivity contribution in [3.8, 4) is 11.1 Å². The van der Waals surface area contributed by atoms with Gasteiger partial charge in [-0.3, -0.25) is 0 Å². The predicted octanol–water partition coefficient (Wildman–Crippen LogP) is 7.20. The highest BCUT2D eigenvalue weighted by Gasteiger charge is 2.12. The van der Waals surface area contributed by atoms with E-state index in [4.69, 9.17) is 0 Å². The molecule has 0 aliphatic heterocycles. The van der Waals surface area contributed by atoms with E-state index in [1.54, 1.807) is 0 Å². The first-order valence-electron chi connectivity index (χ1n) is 8.69. The molecule has 2 rings (SSSR count). The van der Waals surface area contributed by atoms with Crippen molar-refractivity contribution in [3.05, 3.63) is 89.0 Å². The SMILES string of the molecule is C=C/C(=C(\C=C/C)CC)c1ccc(-c2ccccc2C)c(C)c1C. The van der Waals surface area contributed by atoms with Gasteiger partial charge in [0.1, 0.15) is 0 Å². The predicted molar refractivity (Wildman–Crippen MR) is 108 cm³/mol. The monoisotopic (exact) mass is 316 g/mol. The maximum Gasteiger partial charge on any atom is -0.0149 e. The average Bonchev–Trinajstić information content (AvgIpc) is 2.59. The molecule has 124 valence electrons. The Labute approximate surface area is 147 Å². The lowest BCUT2D eigenvalue weighted by molar-refractivity contribution is 1.15. The molecule has 0 aliphatic carbocycles. The van der Waals surface area contributed by atoms with Crippen LogP contribution in [0.1, 0.15) is 42.5 Å². The molecule has 0 N–H and O–H groups in total. The molecule has 0 radical (unpaired) electrons. The van der Waals surface area contributed by atoms with Crippen LogP contribution in [0, 0.1) is 20.8 Å². The minimum absolute atomic E-state index is 1.00. The fraction of sp³-hybridized carbons (Fsp3) is 0.250. The maximum atomic E-state index is 4.06. The summed E-state index contributed by atoms with van der Waals surface area (Å²) in [5, 5.41) is 0. The molecule has 0 aliphatic rings. The summed E-state index contributed by atoms with van der Waals surface area (Å²) >= 11 is 0. The van der Waals surface area contributed by atoms with Gasteiger partial charge in [-0.15, -0.1) is 0 Å². The van der Waals surface area contributed by atoms with Crippen LogP contribution >= 0.6 is 0 Å². The van der Waals surface area contributed by atoms with Gasteiger partial charge in [0.15, 0.2) is 0 Å². The Morgan fingerprint density at radius 1 is 0.958 bits per heavy atom. The van der Waals surface area contributed by atoms with E-state index in [1.807, 2.05) is 6.08 Å². The fourth-order valence-electron chi connectivity index (χ4n) is 3.29. The van der Waals surface area contributed by atoms with Gasteiger partial charge in [-0.25, -0.2) is 0 Å². The molecule has 0 saturated heterocycles. The zero-order valence-electron chi connectivity index (χ0n) is 15.6. The summed E-state index contributed by atoms with van der Waals surface area (Å²) in [7, 11) is 0. The van der Waals surface area contributed by atoms with Crippen LogP contribution in [0.4, 0.5) is 0 Å². The van der Waals surface area contributed by atoms with Gasteiger partial charge in [-0.1, -0.05) is 68.1 Å². The summed E-state index contributed by atoms with van der Waals surface area (Å²) in [4.78, 5) is 0. The van der Waals surface area contributed by atoms with Gasteiger partial charge in [0, 0.05) is 0 Å². The molecule has 0 nitrogen and oxygen atoms in total. The summed E-state index contributed by atoms with van der Waals surface area (Å²) in [5.41, 5.74) is 10.5. The van der Waals surface area contributed by atoms with Gasteiger partial charge >= 0.3 is 0 Å². The summed E-state index contributed by atoms with van der Waals surface area (Å²) in [6.07, 6.45) is 7.30. The van der Waals surface area contributed by atoms with Crippen molar-refractivity contribution in [2.45, 2.75) is 41.0 Å². The highest BCUT2D eigenvalue weighted by Crippen LogP contribution is 2.34. The lowest BCUT2D eigenvalue weighted by Crippen LogP contribution is -1.97. The molecule has 0 atom stereocenters. The quantitative estimate of drug-likeness (QED) is 0.511. The van der Waals surface area contributed by atoms with Crippen LogP contribution in [0.2, 0.25) is 0 Å². The van der Waals surface area contributed by atoms with E-state index in [9.17, 15) is 0 Å². The number of rotatable bonds is 5. The van der Waals surface area contributed by atoms with E-state index in [2.05, 4.69) is 89.7 Å². The molecule has 0 bridgehead atoms. The van der Waals surface area contributed by atoms with Crippen LogP contribution in [0.3, 0.4) is 0 Å². The standard InChI is InChI=1S/C24H28/c1-7-12-20(8-2)21(9-3)23-15-16-24(19(6)18(23)5)22-14-11-10-13-17(22)4/h7,9-16H,3,8H2,1-2,4-6H3/b12-7-,21-20+. The molecule has 0 unspecified atom stereocenters. The van der Waals surface area contributed by atoms with Crippen molar-refractivity contribution in [3.63, 3.8) is 0 Å². The lowest BCUT2D eigenvalue weighted by atomic mass is 9.87. The zero-order valence-corrected chi connectivity index (χ0v) is 15.6. The largest absolute Gasteiger partial charge is 0.0984 e. The van der Waals surface area contributed by atoms with Gasteiger partial charge in [0.25, 0.3) is 0 Å². The molecule has 2 aromatic carbocycles. The summed E-state index contributed by atoms with van der Waals surface area (Å²) in [6.45, 7) is 14.9. The Hall–Kier alpha value is -2.34. The number of hydrogen-bond donors (Lipinski definition) is 0. The van der Waals surface area contributed by atoms with E-state index in [0.29, 0.717) is 0 Å². The summed E-state index contributed by atoms with van der Waals surface area (Å²) < 4.78 is 0. The van der Waals surface area contributed by atoms with Crippen molar-refractivity contribution in [2.75, 3.05) is 0 Å². The summed E-state index contributed by atoms with van der Waals surface area (Å²) in [6, 6.07) is 13.1. The van der Waals surface area contributed by atoms with Gasteiger partial charge in [0.2, 0.25) is 0 Å². The van der Waals surface area contributed by atoms with Crippen LogP contribution in [-0.4, -0.2) is 0 Å². The second kappa shape index (κ2) is 7.97. The first-order valence-corrected chi connectivity index (χ1v) is 8.69. The number of allylic oxidation sites excluding steroid dienone is 5. The fourth-order valence-corrected chi connectivity index (χ4v) is 3.29. The van der Waals surface area contributed by atoms with Crippen LogP contribution in [0.15, 0.2) is 66.8 Å². The van der Waals surface area contributed by atoms with Crippen molar-refractivity contribution >= 4 is 5.57 Å². The van der Waals surface area contributed by atoms with E-state index in [-0.39, 0.29) is 0 Å². The minimum atomic E-state index is 1.00. The Morgan fingerprint density at radius 3 is 2.25 bits per heavy atom. The Bertz CT molecular complexity index is 801. The third-order valence-electron chi connectivity index (χ3n) is 4.81. The molecule has 0 saturated carbocycles. The van der Waals surface area contributed by atoms with Crippen LogP contribution in [0.5, 0.6) is 0 Å². The second-order valence-corrected chi connectivity index (χ2v) is 6.22. The zero-order chi connectivity index (χ0) is 17.7. The number of benzene rings is 2. The van der Waals surface area contributed by atoms with E-state index >= 15 is 0 Å². The molecule has 0 aromatic heterocycles. The molecule has 0 heterocycles. The van der Waals surface area contributed by atoms with Crippen LogP contribution in [-0.2, 0) is 0 Å². The van der Waals surface area contributed by atoms with Crippen LogP contribution in [0.25, 0.3) is 16.7 Å². The smallest absolute Gasteiger partial charge is 0.0149 e. The van der Waals surface area contributed by atoms with Gasteiger partial charge in [-0.2, -0.15) is 0 Å². The van der Waals surface area contributed by atoms with Crippen molar-refractivity contribution in [1.29, 1.82) is 0 Å². The average molecular weight is 316 g/mol. The summed E-state index contributed by atoms with van der Waals surface area (Å²) in [5.74, 6) is 0. The molecule has 0 amide bonds. The number of aryl methyl sites for hydroxylation is 1. The molecule has 0 fully saturated rings. The highest BCUT2D eigenvalue weighted by atomic mass is 14.2. The Kier molecular flexibility index (Phi) is 5.98. The first kappa shape index (κ1) is 18.0. The molecule has 0 spiro atoms. The Balaban J connectivity index is 2.67. The normalized spacial score (nSPS) is 12.4. The third-order valence-corrected chi connectivity index (χ3v) is 4.81. The van der Waals surface area contributed by atoms with Gasteiger partial charge < -0.3 is 0 Å². The van der Waals surface area contributed by atoms with E-state index < -0.39 is 0 Å². The lowest BCUT2D eigenvalue weighted by Gasteiger charge is -2.17. The topological polar surface area (TPSA) is 0 Å². The molecular weight excluding hydrogens is 288 g/mol. The second-order valence-electron chi connectivity index (χ2n) is 6.22. The Morgan fingerprint density at radius 2 is 1.67 bits per heavy atom. The first-order chi connectivity index (χ1) is 11.5. The third kappa shape index (κ3) is 3.43. The number of hydrogen-bond acceptors (Lipinski definition) is 0. The van der Waals surface area contributed by atoms with Crippen molar-refractivity contribution < 1.29 is 0 Å². The van der Waals surface area contributed by atoms with Gasteiger partial charge in [-0.05, 0) is 78.6 Å². The molecule has 24 heavy (non-hydrogen) atoms. The van der Waals surface area contributed by atoms with Crippen molar-refractivity contribution in [2.24, 2.45) is 0 Å².